The molecule has 1 amide bonds. The first kappa shape index (κ1) is 12.7. The quantitative estimate of drug-likeness (QED) is 0.884. The van der Waals surface area contributed by atoms with Crippen LogP contribution in [0, 0.1) is 0 Å². The van der Waals surface area contributed by atoms with Crippen molar-refractivity contribution in [2.24, 2.45) is 5.73 Å². The van der Waals surface area contributed by atoms with E-state index in [1.165, 1.54) is 0 Å². The summed E-state index contributed by atoms with van der Waals surface area (Å²) in [5.74, 6) is 0.789. The molecular weight excluding hydrogens is 232 g/mol. The third-order valence-corrected chi connectivity index (χ3v) is 2.66. The molecule has 5 heteroatoms. The van der Waals surface area contributed by atoms with Gasteiger partial charge in [0.25, 0.3) is 0 Å². The molecule has 5 nitrogen and oxygen atoms in total. The molecule has 1 saturated heterocycles. The summed E-state index contributed by atoms with van der Waals surface area (Å²) < 4.78 is 10.6. The minimum atomic E-state index is -0.344. The summed E-state index contributed by atoms with van der Waals surface area (Å²) in [7, 11) is 0. The Bertz CT molecular complexity index is 417. The molecule has 0 spiro atoms. The molecule has 1 atom stereocenters. The van der Waals surface area contributed by atoms with Crippen LogP contribution < -0.4 is 15.4 Å². The lowest BCUT2D eigenvalue weighted by molar-refractivity contribution is 0.145. The molecule has 0 aromatic heterocycles. The summed E-state index contributed by atoms with van der Waals surface area (Å²) in [6, 6.07) is 7.38. The van der Waals surface area contributed by atoms with Crippen molar-refractivity contribution in [2.75, 3.05) is 18.0 Å². The Morgan fingerprint density at radius 3 is 2.61 bits per heavy atom. The molecule has 1 aliphatic heterocycles. The molecule has 1 fully saturated rings. The van der Waals surface area contributed by atoms with E-state index in [0.29, 0.717) is 13.1 Å². The lowest BCUT2D eigenvalue weighted by Gasteiger charge is -2.14. The van der Waals surface area contributed by atoms with E-state index in [9.17, 15) is 4.79 Å². The van der Waals surface area contributed by atoms with Crippen LogP contribution in [0.3, 0.4) is 0 Å². The zero-order valence-electron chi connectivity index (χ0n) is 10.6. The smallest absolute Gasteiger partial charge is 0.414 e. The molecule has 0 aliphatic carbocycles. The zero-order chi connectivity index (χ0) is 13.1. The third kappa shape index (κ3) is 2.73. The highest BCUT2D eigenvalue weighted by Gasteiger charge is 2.31. The molecule has 2 rings (SSSR count). The van der Waals surface area contributed by atoms with Gasteiger partial charge in [-0.3, -0.25) is 4.90 Å². The lowest BCUT2D eigenvalue weighted by Crippen LogP contribution is -2.27. The van der Waals surface area contributed by atoms with Gasteiger partial charge in [-0.2, -0.15) is 0 Å². The Labute approximate surface area is 106 Å². The highest BCUT2D eigenvalue weighted by molar-refractivity contribution is 5.89. The number of anilines is 1. The number of amides is 1. The predicted molar refractivity (Wildman–Crippen MR) is 68.9 cm³/mol. The molecule has 1 heterocycles. The summed E-state index contributed by atoms with van der Waals surface area (Å²) in [5.41, 5.74) is 6.29. The molecule has 0 radical (unpaired) electrons. The number of ether oxygens (including phenoxy) is 2. The van der Waals surface area contributed by atoms with Crippen molar-refractivity contribution in [3.05, 3.63) is 24.3 Å². The van der Waals surface area contributed by atoms with E-state index >= 15 is 0 Å². The summed E-state index contributed by atoms with van der Waals surface area (Å²) in [6.45, 7) is 4.78. The van der Waals surface area contributed by atoms with Crippen molar-refractivity contribution < 1.29 is 14.3 Å². The fourth-order valence-electron chi connectivity index (χ4n) is 1.83. The third-order valence-electron chi connectivity index (χ3n) is 2.66. The Kier molecular flexibility index (Phi) is 3.72. The standard InChI is InChI=1S/C13H18N2O3/c1-9(2)17-11-5-3-10(4-6-11)15-8-12(7-14)18-13(15)16/h3-6,9,12H,7-8,14H2,1-2H3. The number of hydrogen-bond acceptors (Lipinski definition) is 4. The largest absolute Gasteiger partial charge is 0.491 e. The van der Waals surface area contributed by atoms with E-state index < -0.39 is 0 Å². The molecular formula is C13H18N2O3. The predicted octanol–water partition coefficient (Wildman–Crippen LogP) is 1.76. The first-order chi connectivity index (χ1) is 8.60. The van der Waals surface area contributed by atoms with Gasteiger partial charge in [0.1, 0.15) is 11.9 Å². The first-order valence-electron chi connectivity index (χ1n) is 6.05. The van der Waals surface area contributed by atoms with Crippen LogP contribution in [0.25, 0.3) is 0 Å². The Balaban J connectivity index is 2.08. The maximum Gasteiger partial charge on any atom is 0.414 e. The molecule has 98 valence electrons. The summed E-state index contributed by atoms with van der Waals surface area (Å²) in [6.07, 6.45) is -0.429. The van der Waals surface area contributed by atoms with Crippen molar-refractivity contribution in [2.45, 2.75) is 26.1 Å². The normalized spacial score (nSPS) is 19.2. The second kappa shape index (κ2) is 5.27. The van der Waals surface area contributed by atoms with Crippen LogP contribution in [0.2, 0.25) is 0 Å². The number of nitrogens with zero attached hydrogens (tertiary/aromatic N) is 1. The van der Waals surface area contributed by atoms with E-state index in [2.05, 4.69) is 0 Å². The average molecular weight is 250 g/mol. The fraction of sp³-hybridized carbons (Fsp3) is 0.462. The van der Waals surface area contributed by atoms with Crippen LogP contribution in [0.1, 0.15) is 13.8 Å². The maximum atomic E-state index is 11.6. The van der Waals surface area contributed by atoms with Crippen molar-refractivity contribution in [1.29, 1.82) is 0 Å². The van der Waals surface area contributed by atoms with Crippen molar-refractivity contribution in [1.82, 2.24) is 0 Å². The SMILES string of the molecule is CC(C)Oc1ccc(N2CC(CN)OC2=O)cc1. The second-order valence-electron chi connectivity index (χ2n) is 4.51. The van der Waals surface area contributed by atoms with Crippen molar-refractivity contribution >= 4 is 11.8 Å². The number of carbonyl (C=O) groups is 1. The van der Waals surface area contributed by atoms with Crippen LogP contribution >= 0.6 is 0 Å². The summed E-state index contributed by atoms with van der Waals surface area (Å²) in [4.78, 5) is 13.2. The lowest BCUT2D eigenvalue weighted by atomic mass is 10.2. The second-order valence-corrected chi connectivity index (χ2v) is 4.51. The van der Waals surface area contributed by atoms with Gasteiger partial charge in [0.05, 0.1) is 12.6 Å². The van der Waals surface area contributed by atoms with Gasteiger partial charge >= 0.3 is 6.09 Å². The molecule has 1 aliphatic rings. The molecule has 0 bridgehead atoms. The van der Waals surface area contributed by atoms with E-state index in [-0.39, 0.29) is 18.3 Å². The fourth-order valence-corrected chi connectivity index (χ4v) is 1.83. The Morgan fingerprint density at radius 2 is 2.11 bits per heavy atom. The van der Waals surface area contributed by atoms with Gasteiger partial charge in [0.2, 0.25) is 0 Å². The average Bonchev–Trinajstić information content (AvgIpc) is 2.71. The van der Waals surface area contributed by atoms with E-state index in [1.807, 2.05) is 38.1 Å². The minimum Gasteiger partial charge on any atom is -0.491 e. The van der Waals surface area contributed by atoms with E-state index in [1.54, 1.807) is 4.90 Å². The Morgan fingerprint density at radius 1 is 1.44 bits per heavy atom. The number of carbonyl (C=O) groups excluding carboxylic acids is 1. The van der Waals surface area contributed by atoms with Gasteiger partial charge in [-0.15, -0.1) is 0 Å². The molecule has 1 aromatic rings. The first-order valence-corrected chi connectivity index (χ1v) is 6.05. The van der Waals surface area contributed by atoms with Gasteiger partial charge in [0, 0.05) is 12.2 Å². The zero-order valence-corrected chi connectivity index (χ0v) is 10.6. The van der Waals surface area contributed by atoms with Crippen LogP contribution in [0.4, 0.5) is 10.5 Å². The van der Waals surface area contributed by atoms with Crippen LogP contribution in [-0.4, -0.2) is 31.4 Å². The molecule has 18 heavy (non-hydrogen) atoms. The van der Waals surface area contributed by atoms with Crippen LogP contribution in [0.5, 0.6) is 5.75 Å². The van der Waals surface area contributed by atoms with Gasteiger partial charge in [-0.25, -0.2) is 4.79 Å². The van der Waals surface area contributed by atoms with Crippen molar-refractivity contribution in [3.8, 4) is 5.75 Å². The summed E-state index contributed by atoms with van der Waals surface area (Å²) >= 11 is 0. The van der Waals surface area contributed by atoms with Gasteiger partial charge < -0.3 is 15.2 Å². The summed E-state index contributed by atoms with van der Waals surface area (Å²) in [5, 5.41) is 0. The number of rotatable bonds is 4. The van der Waals surface area contributed by atoms with Gasteiger partial charge in [-0.05, 0) is 38.1 Å². The highest BCUT2D eigenvalue weighted by atomic mass is 16.6. The van der Waals surface area contributed by atoms with Crippen LogP contribution in [-0.2, 0) is 4.74 Å². The monoisotopic (exact) mass is 250 g/mol. The molecule has 0 saturated carbocycles. The topological polar surface area (TPSA) is 64.8 Å². The van der Waals surface area contributed by atoms with E-state index in [4.69, 9.17) is 15.2 Å². The molecule has 1 unspecified atom stereocenters. The van der Waals surface area contributed by atoms with Gasteiger partial charge in [0.15, 0.2) is 0 Å². The molecule has 1 aromatic carbocycles. The van der Waals surface area contributed by atoms with Crippen molar-refractivity contribution in [3.63, 3.8) is 0 Å². The van der Waals surface area contributed by atoms with Gasteiger partial charge in [-0.1, -0.05) is 0 Å². The minimum absolute atomic E-state index is 0.134. The number of benzene rings is 1. The number of hydrogen-bond donors (Lipinski definition) is 1. The van der Waals surface area contributed by atoms with E-state index in [0.717, 1.165) is 11.4 Å². The maximum absolute atomic E-state index is 11.6. The Hall–Kier alpha value is -1.75. The highest BCUT2D eigenvalue weighted by Crippen LogP contribution is 2.24. The molecule has 2 N–H and O–H groups in total. The number of cyclic esters (lactones) is 1. The number of nitrogens with two attached hydrogens (primary N) is 1. The van der Waals surface area contributed by atoms with Crippen LogP contribution in [0.15, 0.2) is 24.3 Å².